The molecule has 0 aromatic carbocycles. The fourth-order valence-corrected chi connectivity index (χ4v) is 2.82. The van der Waals surface area contributed by atoms with Crippen LogP contribution in [0.15, 0.2) is 0 Å². The maximum absolute atomic E-state index is 12.0. The first-order valence-electron chi connectivity index (χ1n) is 8.14. The van der Waals surface area contributed by atoms with Crippen molar-refractivity contribution in [3.05, 3.63) is 0 Å². The molecule has 5 nitrogen and oxygen atoms in total. The third-order valence-corrected chi connectivity index (χ3v) is 4.17. The fourth-order valence-electron chi connectivity index (χ4n) is 2.82. The highest BCUT2D eigenvalue weighted by atomic mass is 16.6. The minimum atomic E-state index is -0.489. The number of aliphatic hydroxyl groups is 1. The average molecular weight is 298 g/mol. The van der Waals surface area contributed by atoms with Gasteiger partial charge in [-0.15, -0.1) is 0 Å². The van der Waals surface area contributed by atoms with Gasteiger partial charge in [-0.25, -0.2) is 4.79 Å². The van der Waals surface area contributed by atoms with Gasteiger partial charge in [0.15, 0.2) is 0 Å². The van der Waals surface area contributed by atoms with Gasteiger partial charge in [0.2, 0.25) is 0 Å². The molecule has 0 aromatic rings. The molecule has 0 bridgehead atoms. The molecule has 0 aromatic heterocycles. The van der Waals surface area contributed by atoms with Gasteiger partial charge in [0, 0.05) is 25.0 Å². The molecule has 122 valence electrons. The molecule has 1 aliphatic heterocycles. The van der Waals surface area contributed by atoms with Gasteiger partial charge in [-0.3, -0.25) is 0 Å². The minimum Gasteiger partial charge on any atom is -0.444 e. The van der Waals surface area contributed by atoms with E-state index in [4.69, 9.17) is 4.74 Å². The van der Waals surface area contributed by atoms with Gasteiger partial charge in [0.05, 0.1) is 12.6 Å². The van der Waals surface area contributed by atoms with Crippen molar-refractivity contribution in [2.24, 2.45) is 11.8 Å². The molecule has 1 saturated carbocycles. The summed E-state index contributed by atoms with van der Waals surface area (Å²) in [6.45, 7) is 9.47. The molecule has 2 rings (SSSR count). The van der Waals surface area contributed by atoms with Crippen molar-refractivity contribution in [3.63, 3.8) is 0 Å². The summed E-state index contributed by atoms with van der Waals surface area (Å²) in [5, 5.41) is 13.6. The summed E-state index contributed by atoms with van der Waals surface area (Å²) >= 11 is 0. The Hall–Kier alpha value is -0.810. The lowest BCUT2D eigenvalue weighted by Crippen LogP contribution is -2.37. The smallest absolute Gasteiger partial charge is 0.410 e. The lowest BCUT2D eigenvalue weighted by molar-refractivity contribution is 0.0270. The number of likely N-dealkylation sites (tertiary alicyclic amines) is 1. The molecular formula is C16H30N2O3. The number of amides is 1. The van der Waals surface area contributed by atoms with Crippen LogP contribution < -0.4 is 5.32 Å². The molecule has 0 radical (unpaired) electrons. The molecular weight excluding hydrogens is 268 g/mol. The van der Waals surface area contributed by atoms with Gasteiger partial charge < -0.3 is 20.1 Å². The summed E-state index contributed by atoms with van der Waals surface area (Å²) in [5.74, 6) is 0.999. The summed E-state index contributed by atoms with van der Waals surface area (Å²) in [5.41, 5.74) is -0.489. The van der Waals surface area contributed by atoms with Crippen LogP contribution in [0.1, 0.15) is 47.0 Å². The zero-order valence-corrected chi connectivity index (χ0v) is 13.8. The highest BCUT2D eigenvalue weighted by Gasteiger charge is 2.36. The van der Waals surface area contributed by atoms with Gasteiger partial charge in [0.25, 0.3) is 0 Å². The number of ether oxygens (including phenoxy) is 1. The predicted octanol–water partition coefficient (Wildman–Crippen LogP) is 1.99. The summed E-state index contributed by atoms with van der Waals surface area (Å²) in [7, 11) is 0. The Morgan fingerprint density at radius 2 is 2.05 bits per heavy atom. The van der Waals surface area contributed by atoms with Crippen LogP contribution in [0, 0.1) is 11.8 Å². The number of nitrogens with one attached hydrogen (secondary N) is 1. The zero-order chi connectivity index (χ0) is 15.6. The van der Waals surface area contributed by atoms with E-state index in [-0.39, 0.29) is 12.0 Å². The van der Waals surface area contributed by atoms with Gasteiger partial charge in [-0.2, -0.15) is 0 Å². The Kier molecular flexibility index (Phi) is 5.15. The first kappa shape index (κ1) is 16.6. The largest absolute Gasteiger partial charge is 0.444 e. The zero-order valence-electron chi connectivity index (χ0n) is 13.8. The quantitative estimate of drug-likeness (QED) is 0.815. The summed E-state index contributed by atoms with van der Waals surface area (Å²) in [6, 6.07) is 0.486. The normalized spacial score (nSPS) is 27.8. The van der Waals surface area contributed by atoms with E-state index in [1.807, 2.05) is 20.8 Å². The van der Waals surface area contributed by atoms with Crippen molar-refractivity contribution in [1.29, 1.82) is 0 Å². The molecule has 2 N–H and O–H groups in total. The van der Waals surface area contributed by atoms with Crippen molar-refractivity contribution in [2.75, 3.05) is 19.6 Å². The van der Waals surface area contributed by atoms with E-state index >= 15 is 0 Å². The molecule has 2 fully saturated rings. The van der Waals surface area contributed by atoms with E-state index < -0.39 is 11.7 Å². The molecule has 1 unspecified atom stereocenters. The Bertz CT molecular complexity index is 363. The number of hydrogen-bond donors (Lipinski definition) is 2. The van der Waals surface area contributed by atoms with Crippen LogP contribution in [0.2, 0.25) is 0 Å². The second-order valence-corrected chi connectivity index (χ2v) is 7.70. The number of rotatable bonds is 5. The molecule has 1 heterocycles. The van der Waals surface area contributed by atoms with Crippen LogP contribution in [-0.4, -0.2) is 53.5 Å². The summed E-state index contributed by atoms with van der Waals surface area (Å²) in [4.78, 5) is 13.6. The van der Waals surface area contributed by atoms with Crippen LogP contribution in [-0.2, 0) is 4.74 Å². The molecule has 2 aliphatic rings. The number of carbonyl (C=O) groups is 1. The summed E-state index contributed by atoms with van der Waals surface area (Å²) < 4.78 is 5.36. The number of hydrogen-bond acceptors (Lipinski definition) is 4. The van der Waals surface area contributed by atoms with E-state index in [0.717, 1.165) is 12.5 Å². The third-order valence-electron chi connectivity index (χ3n) is 4.17. The Labute approximate surface area is 128 Å². The first-order chi connectivity index (χ1) is 9.74. The molecule has 21 heavy (non-hydrogen) atoms. The monoisotopic (exact) mass is 298 g/mol. The second-order valence-electron chi connectivity index (χ2n) is 7.70. The van der Waals surface area contributed by atoms with Crippen molar-refractivity contribution in [3.8, 4) is 0 Å². The van der Waals surface area contributed by atoms with Crippen molar-refractivity contribution in [1.82, 2.24) is 10.2 Å². The van der Waals surface area contributed by atoms with E-state index in [1.54, 1.807) is 4.90 Å². The third kappa shape index (κ3) is 5.47. The SMILES string of the molecule is CC(CC1CC1)NC[C@@H]1CN(C(=O)OC(C)(C)C)C[C@@H]1O. The molecule has 3 atom stereocenters. The highest BCUT2D eigenvalue weighted by molar-refractivity contribution is 5.68. The standard InChI is InChI=1S/C16H30N2O3/c1-11(7-12-5-6-12)17-8-13-9-18(10-14(13)19)15(20)21-16(2,3)4/h11-14,17,19H,5-10H2,1-4H3/t11?,13-,14+/m1/s1. The van der Waals surface area contributed by atoms with Gasteiger partial charge >= 0.3 is 6.09 Å². The second kappa shape index (κ2) is 6.53. The maximum Gasteiger partial charge on any atom is 0.410 e. The number of carbonyl (C=O) groups excluding carboxylic acids is 1. The van der Waals surface area contributed by atoms with E-state index in [9.17, 15) is 9.90 Å². The fraction of sp³-hybridized carbons (Fsp3) is 0.938. The van der Waals surface area contributed by atoms with Gasteiger partial charge in [-0.05, 0) is 40.0 Å². The molecule has 1 amide bonds. The van der Waals surface area contributed by atoms with E-state index in [0.29, 0.717) is 19.1 Å². The number of β-amino-alcohol motifs (C(OH)–C–C–N with tert-alkyl or cyclic N) is 1. The van der Waals surface area contributed by atoms with E-state index in [1.165, 1.54) is 19.3 Å². The molecule has 1 aliphatic carbocycles. The van der Waals surface area contributed by atoms with E-state index in [2.05, 4.69) is 12.2 Å². The van der Waals surface area contributed by atoms with Gasteiger partial charge in [0.1, 0.15) is 5.60 Å². The average Bonchev–Trinajstić information content (AvgIpc) is 3.06. The molecule has 1 saturated heterocycles. The van der Waals surface area contributed by atoms with Crippen molar-refractivity contribution >= 4 is 6.09 Å². The summed E-state index contributed by atoms with van der Waals surface area (Å²) in [6.07, 6.45) is 3.17. The minimum absolute atomic E-state index is 0.0965. The Morgan fingerprint density at radius 1 is 1.38 bits per heavy atom. The Balaban J connectivity index is 1.73. The lowest BCUT2D eigenvalue weighted by atomic mass is 10.1. The topological polar surface area (TPSA) is 61.8 Å². The predicted molar refractivity (Wildman–Crippen MR) is 82.1 cm³/mol. The van der Waals surface area contributed by atoms with Crippen LogP contribution in [0.4, 0.5) is 4.79 Å². The van der Waals surface area contributed by atoms with Crippen molar-refractivity contribution in [2.45, 2.75) is 64.7 Å². The molecule has 5 heteroatoms. The van der Waals surface area contributed by atoms with Crippen molar-refractivity contribution < 1.29 is 14.6 Å². The van der Waals surface area contributed by atoms with Crippen LogP contribution in [0.3, 0.4) is 0 Å². The maximum atomic E-state index is 12.0. The van der Waals surface area contributed by atoms with Gasteiger partial charge in [-0.1, -0.05) is 12.8 Å². The van der Waals surface area contributed by atoms with Crippen LogP contribution in [0.5, 0.6) is 0 Å². The number of nitrogens with zero attached hydrogens (tertiary/aromatic N) is 1. The highest BCUT2D eigenvalue weighted by Crippen LogP contribution is 2.33. The number of aliphatic hydroxyl groups excluding tert-OH is 1. The molecule has 0 spiro atoms. The van der Waals surface area contributed by atoms with Crippen LogP contribution >= 0.6 is 0 Å². The first-order valence-corrected chi connectivity index (χ1v) is 8.14. The lowest BCUT2D eigenvalue weighted by Gasteiger charge is -2.24. The Morgan fingerprint density at radius 3 is 2.62 bits per heavy atom. The van der Waals surface area contributed by atoms with Crippen LogP contribution in [0.25, 0.3) is 0 Å².